The molecule has 3 N–H and O–H groups in total. The van der Waals surface area contributed by atoms with Crippen molar-refractivity contribution in [2.24, 2.45) is 0 Å². The molecule has 9 rings (SSSR count). The Bertz CT molecular complexity index is 2300. The predicted octanol–water partition coefficient (Wildman–Crippen LogP) is 4.74. The number of thiophene rings is 1. The fourth-order valence-electron chi connectivity index (χ4n) is 8.73. The number of anilines is 2. The number of nitrogens with two attached hydrogens (primary N) is 1. The maximum Gasteiger partial charge on any atom is 0.319 e. The molecule has 4 aromatic heterocycles. The van der Waals surface area contributed by atoms with Gasteiger partial charge >= 0.3 is 6.01 Å². The number of hydrogen-bond acceptors (Lipinski definition) is 11. The number of benzene rings is 1. The molecule has 5 aromatic rings. The van der Waals surface area contributed by atoms with Gasteiger partial charge in [-0.05, 0) is 56.5 Å². The van der Waals surface area contributed by atoms with E-state index in [0.717, 1.165) is 43.6 Å². The molecule has 4 saturated heterocycles. The molecule has 0 radical (unpaired) electrons. The third-order valence-corrected chi connectivity index (χ3v) is 12.0. The molecule has 0 amide bonds. The van der Waals surface area contributed by atoms with E-state index in [-0.39, 0.29) is 79.9 Å². The van der Waals surface area contributed by atoms with Crippen LogP contribution in [0, 0.1) is 23.0 Å². The molecule has 0 aliphatic carbocycles. The first-order chi connectivity index (χ1) is 24.7. The van der Waals surface area contributed by atoms with Gasteiger partial charge in [0.2, 0.25) is 0 Å². The maximum absolute atomic E-state index is 17.6. The van der Waals surface area contributed by atoms with E-state index in [0.29, 0.717) is 31.7 Å². The van der Waals surface area contributed by atoms with Crippen molar-refractivity contribution in [2.45, 2.75) is 62.4 Å². The van der Waals surface area contributed by atoms with Crippen LogP contribution in [-0.4, -0.2) is 81.0 Å². The van der Waals surface area contributed by atoms with Crippen LogP contribution in [0.4, 0.5) is 24.0 Å². The first kappa shape index (κ1) is 32.1. The van der Waals surface area contributed by atoms with Crippen molar-refractivity contribution in [1.82, 2.24) is 29.7 Å². The third kappa shape index (κ3) is 5.22. The van der Waals surface area contributed by atoms with Crippen molar-refractivity contribution in [2.75, 3.05) is 43.4 Å². The minimum Gasteiger partial charge on any atom is -0.461 e. The first-order valence-electron chi connectivity index (χ1n) is 17.2. The highest BCUT2D eigenvalue weighted by Crippen LogP contribution is 2.44. The maximum atomic E-state index is 17.6. The molecule has 1 aromatic carbocycles. The van der Waals surface area contributed by atoms with Gasteiger partial charge in [-0.3, -0.25) is 19.2 Å². The van der Waals surface area contributed by atoms with Gasteiger partial charge in [-0.1, -0.05) is 6.07 Å². The van der Waals surface area contributed by atoms with E-state index in [1.807, 2.05) is 11.0 Å². The molecule has 2 bridgehead atoms. The lowest BCUT2D eigenvalue weighted by Crippen LogP contribution is -2.51. The summed E-state index contributed by atoms with van der Waals surface area (Å²) in [5, 5.41) is 13.8. The third-order valence-electron chi connectivity index (χ3n) is 11.0. The van der Waals surface area contributed by atoms with Gasteiger partial charge in [0.1, 0.15) is 46.4 Å². The standard InChI is InChI=1S/C36H34F3N9O2S/c37-19-12-36(9-3-11-47(36)14-19)18-50-35-44-29-27(33(45-35)46-15-21-5-6-22(16-46)43-21)34(49)48(17-20-4-1-2-10-42-20)30(28(29)39)23-7-8-25(38)31-26(23)24(13-40)32(41)51-31/h1-2,4,7-8,10,19,21-22,43H,3,5-6,9,11-12,14-18,41H2/t19-,21?,22?,36+/m1/s1. The average molecular weight is 714 g/mol. The summed E-state index contributed by atoms with van der Waals surface area (Å²) < 4.78 is 55.1. The van der Waals surface area contributed by atoms with Crippen molar-refractivity contribution < 1.29 is 17.9 Å². The van der Waals surface area contributed by atoms with Crippen LogP contribution in [-0.2, 0) is 6.54 Å². The molecule has 51 heavy (non-hydrogen) atoms. The van der Waals surface area contributed by atoms with Crippen LogP contribution in [0.2, 0.25) is 0 Å². The van der Waals surface area contributed by atoms with Gasteiger partial charge in [-0.25, -0.2) is 13.2 Å². The Kier molecular flexibility index (Phi) is 7.68. The number of halogens is 3. The van der Waals surface area contributed by atoms with E-state index >= 15 is 8.78 Å². The lowest BCUT2D eigenvalue weighted by Gasteiger charge is -2.34. The average Bonchev–Trinajstić information content (AvgIpc) is 3.87. The second-order valence-electron chi connectivity index (χ2n) is 14.1. The topological polar surface area (TPSA) is 138 Å². The first-order valence-corrected chi connectivity index (χ1v) is 18.0. The van der Waals surface area contributed by atoms with Crippen molar-refractivity contribution in [1.29, 1.82) is 5.26 Å². The fourth-order valence-corrected chi connectivity index (χ4v) is 9.68. The van der Waals surface area contributed by atoms with Crippen LogP contribution in [0.1, 0.15) is 43.4 Å². The number of nitrogens with one attached hydrogen (secondary N) is 1. The lowest BCUT2D eigenvalue weighted by molar-refractivity contribution is 0.107. The van der Waals surface area contributed by atoms with Crippen molar-refractivity contribution in [3.05, 3.63) is 69.8 Å². The van der Waals surface area contributed by atoms with Gasteiger partial charge < -0.3 is 20.7 Å². The largest absolute Gasteiger partial charge is 0.461 e. The van der Waals surface area contributed by atoms with E-state index in [4.69, 9.17) is 15.5 Å². The highest BCUT2D eigenvalue weighted by Gasteiger charge is 2.49. The number of fused-ring (bicyclic) bond motifs is 5. The highest BCUT2D eigenvalue weighted by atomic mass is 32.1. The summed E-state index contributed by atoms with van der Waals surface area (Å²) in [6.45, 7) is 2.20. The zero-order valence-electron chi connectivity index (χ0n) is 27.5. The molecular weight excluding hydrogens is 680 g/mol. The summed E-state index contributed by atoms with van der Waals surface area (Å²) in [6, 6.07) is 10.0. The summed E-state index contributed by atoms with van der Waals surface area (Å²) >= 11 is 0.887. The van der Waals surface area contributed by atoms with E-state index in [1.165, 1.54) is 16.7 Å². The van der Waals surface area contributed by atoms with Gasteiger partial charge in [0.15, 0.2) is 5.82 Å². The number of ether oxygens (including phenoxy) is 1. The summed E-state index contributed by atoms with van der Waals surface area (Å²) in [5.74, 6) is -1.22. The van der Waals surface area contributed by atoms with Crippen LogP contribution in [0.25, 0.3) is 32.2 Å². The number of piperazine rings is 1. The second kappa shape index (κ2) is 12.2. The molecule has 262 valence electrons. The van der Waals surface area contributed by atoms with Crippen LogP contribution in [0.15, 0.2) is 41.3 Å². The number of pyridine rings is 2. The number of nitrogens with zero attached hydrogens (tertiary/aromatic N) is 7. The molecule has 8 heterocycles. The van der Waals surface area contributed by atoms with Gasteiger partial charge in [0, 0.05) is 55.3 Å². The zero-order valence-corrected chi connectivity index (χ0v) is 28.4. The summed E-state index contributed by atoms with van der Waals surface area (Å²) in [5.41, 5.74) is 5.23. The summed E-state index contributed by atoms with van der Waals surface area (Å²) in [7, 11) is 0. The van der Waals surface area contributed by atoms with Crippen LogP contribution < -0.4 is 26.2 Å². The molecule has 2 unspecified atom stereocenters. The van der Waals surface area contributed by atoms with Crippen LogP contribution in [0.5, 0.6) is 6.01 Å². The summed E-state index contributed by atoms with van der Waals surface area (Å²) in [6.07, 6.45) is 4.55. The predicted molar refractivity (Wildman–Crippen MR) is 188 cm³/mol. The van der Waals surface area contributed by atoms with Gasteiger partial charge in [-0.15, -0.1) is 11.3 Å². The van der Waals surface area contributed by atoms with Crippen molar-refractivity contribution in [3.8, 4) is 23.3 Å². The highest BCUT2D eigenvalue weighted by molar-refractivity contribution is 7.23. The van der Waals surface area contributed by atoms with E-state index in [2.05, 4.69) is 20.2 Å². The number of aromatic nitrogens is 4. The SMILES string of the molecule is N#Cc1c(N)sc2c(F)ccc(-c3c(F)c4nc(OC[C@@]56CCCN5C[C@H](F)C6)nc(N5CC6CCC(C5)N6)c4c(=O)n3Cc3ccccn3)c12. The van der Waals surface area contributed by atoms with Crippen LogP contribution >= 0.6 is 11.3 Å². The molecule has 4 aliphatic heterocycles. The Morgan fingerprint density at radius 1 is 1.12 bits per heavy atom. The van der Waals surface area contributed by atoms with Crippen LogP contribution in [0.3, 0.4) is 0 Å². The van der Waals surface area contributed by atoms with Crippen molar-refractivity contribution in [3.63, 3.8) is 0 Å². The molecule has 4 aliphatic rings. The Morgan fingerprint density at radius 3 is 2.71 bits per heavy atom. The van der Waals surface area contributed by atoms with Crippen molar-refractivity contribution >= 4 is 43.1 Å². The number of alkyl halides is 1. The van der Waals surface area contributed by atoms with E-state index in [9.17, 15) is 14.4 Å². The number of rotatable bonds is 7. The molecule has 11 nitrogen and oxygen atoms in total. The lowest BCUT2D eigenvalue weighted by atomic mass is 9.95. The Labute approximate surface area is 294 Å². The fraction of sp³-hybridized carbons (Fsp3) is 0.417. The van der Waals surface area contributed by atoms with Gasteiger partial charge in [0.05, 0.1) is 33.7 Å². The smallest absolute Gasteiger partial charge is 0.319 e. The van der Waals surface area contributed by atoms with Gasteiger partial charge in [-0.2, -0.15) is 15.2 Å². The molecule has 4 atom stereocenters. The molecule has 0 spiro atoms. The Balaban J connectivity index is 1.29. The molecule has 15 heteroatoms. The minimum atomic E-state index is -0.965. The Morgan fingerprint density at radius 2 is 1.94 bits per heavy atom. The molecular formula is C36H34F3N9O2S. The van der Waals surface area contributed by atoms with E-state index < -0.39 is 28.9 Å². The normalized spacial score (nSPS) is 24.4. The quantitative estimate of drug-likeness (QED) is 0.243. The molecule has 0 saturated carbocycles. The molecule has 4 fully saturated rings. The van der Waals surface area contributed by atoms with E-state index in [1.54, 1.807) is 24.4 Å². The minimum absolute atomic E-state index is 0.00683. The van der Waals surface area contributed by atoms with Gasteiger partial charge in [0.25, 0.3) is 5.56 Å². The number of nitrogen functional groups attached to an aromatic ring is 1. The Hall–Kier alpha value is -4.78. The second-order valence-corrected chi connectivity index (χ2v) is 15.1. The zero-order chi connectivity index (χ0) is 35.0. The number of hydrogen-bond donors (Lipinski definition) is 2. The monoisotopic (exact) mass is 713 g/mol. The summed E-state index contributed by atoms with van der Waals surface area (Å²) in [4.78, 5) is 32.8. The number of nitriles is 1.